The molecule has 0 saturated carbocycles. The second kappa shape index (κ2) is 7.40. The fourth-order valence-electron chi connectivity index (χ4n) is 2.25. The van der Waals surface area contributed by atoms with Crippen molar-refractivity contribution in [3.63, 3.8) is 0 Å². The number of aryl methyl sites for hydroxylation is 1. The van der Waals surface area contributed by atoms with Gasteiger partial charge in [0.15, 0.2) is 0 Å². The van der Waals surface area contributed by atoms with Crippen molar-refractivity contribution in [1.82, 2.24) is 0 Å². The van der Waals surface area contributed by atoms with Crippen LogP contribution in [0.5, 0.6) is 5.75 Å². The Hall–Kier alpha value is -3.14. The molecule has 2 aromatic carbocycles. The summed E-state index contributed by atoms with van der Waals surface area (Å²) in [6.45, 7) is 0.850. The largest absolute Gasteiger partial charge is 0.495 e. The van der Waals surface area contributed by atoms with Crippen LogP contribution in [0.3, 0.4) is 0 Å². The lowest BCUT2D eigenvalue weighted by molar-refractivity contribution is -0.384. The Morgan fingerprint density at radius 1 is 1.23 bits per heavy atom. The van der Waals surface area contributed by atoms with Crippen LogP contribution in [-0.4, -0.2) is 38.1 Å². The summed E-state index contributed by atoms with van der Waals surface area (Å²) in [6, 6.07) is 9.12. The van der Waals surface area contributed by atoms with Gasteiger partial charge in [-0.05, 0) is 25.1 Å². The lowest BCUT2D eigenvalue weighted by Crippen LogP contribution is -2.36. The van der Waals surface area contributed by atoms with Crippen molar-refractivity contribution in [1.29, 1.82) is 0 Å². The number of nitro benzene ring substituents is 1. The first-order valence-corrected chi connectivity index (χ1v) is 8.74. The number of methoxy groups -OCH3 is 1. The van der Waals surface area contributed by atoms with E-state index in [0.29, 0.717) is 4.31 Å². The summed E-state index contributed by atoms with van der Waals surface area (Å²) >= 11 is 0. The van der Waals surface area contributed by atoms with E-state index in [1.807, 2.05) is 0 Å². The van der Waals surface area contributed by atoms with Crippen molar-refractivity contribution in [3.8, 4) is 5.75 Å². The molecule has 0 aliphatic rings. The number of anilines is 1. The Morgan fingerprint density at radius 2 is 1.85 bits per heavy atom. The SMILES string of the molecule is COc1ccc([N+](=O)[O-])cc1N(CC(=O)O)S(=O)(=O)c1ccc(C)cc1. The quantitative estimate of drug-likeness (QED) is 0.576. The fourth-order valence-corrected chi connectivity index (χ4v) is 3.66. The van der Waals surface area contributed by atoms with Crippen molar-refractivity contribution >= 4 is 27.4 Å². The van der Waals surface area contributed by atoms with Crippen LogP contribution in [0.1, 0.15) is 5.56 Å². The Labute approximate surface area is 149 Å². The Kier molecular flexibility index (Phi) is 5.46. The number of carboxylic acid groups (broad SMARTS) is 1. The minimum atomic E-state index is -4.29. The molecule has 26 heavy (non-hydrogen) atoms. The van der Waals surface area contributed by atoms with Gasteiger partial charge in [-0.15, -0.1) is 0 Å². The van der Waals surface area contributed by atoms with Gasteiger partial charge in [0.2, 0.25) is 0 Å². The van der Waals surface area contributed by atoms with Crippen LogP contribution in [0.2, 0.25) is 0 Å². The molecule has 2 rings (SSSR count). The summed E-state index contributed by atoms with van der Waals surface area (Å²) in [5, 5.41) is 20.2. The fraction of sp³-hybridized carbons (Fsp3) is 0.188. The maximum absolute atomic E-state index is 13.0. The molecule has 0 heterocycles. The highest BCUT2D eigenvalue weighted by Gasteiger charge is 2.30. The highest BCUT2D eigenvalue weighted by atomic mass is 32.2. The van der Waals surface area contributed by atoms with E-state index < -0.39 is 33.1 Å². The Balaban J connectivity index is 2.68. The number of ether oxygens (including phenoxy) is 1. The minimum absolute atomic E-state index is 0.00691. The van der Waals surface area contributed by atoms with E-state index in [4.69, 9.17) is 9.84 Å². The summed E-state index contributed by atoms with van der Waals surface area (Å²) in [5.41, 5.74) is 0.196. The molecule has 0 atom stereocenters. The molecule has 0 spiro atoms. The van der Waals surface area contributed by atoms with Gasteiger partial charge >= 0.3 is 5.97 Å². The van der Waals surface area contributed by atoms with Gasteiger partial charge in [0.05, 0.1) is 16.9 Å². The zero-order valence-corrected chi connectivity index (χ0v) is 14.8. The van der Waals surface area contributed by atoms with Gasteiger partial charge < -0.3 is 9.84 Å². The van der Waals surface area contributed by atoms with E-state index >= 15 is 0 Å². The van der Waals surface area contributed by atoms with Crippen molar-refractivity contribution < 1.29 is 28.0 Å². The van der Waals surface area contributed by atoms with Gasteiger partial charge in [0.1, 0.15) is 18.0 Å². The zero-order chi connectivity index (χ0) is 19.5. The first-order chi connectivity index (χ1) is 12.2. The van der Waals surface area contributed by atoms with E-state index in [1.54, 1.807) is 19.1 Å². The van der Waals surface area contributed by atoms with Crippen molar-refractivity contribution in [2.45, 2.75) is 11.8 Å². The molecule has 2 aromatic rings. The molecular weight excluding hydrogens is 364 g/mol. The van der Waals surface area contributed by atoms with Gasteiger partial charge in [-0.1, -0.05) is 17.7 Å². The second-order valence-electron chi connectivity index (χ2n) is 5.33. The minimum Gasteiger partial charge on any atom is -0.495 e. The molecule has 9 nitrogen and oxygen atoms in total. The molecule has 0 radical (unpaired) electrons. The van der Waals surface area contributed by atoms with Crippen molar-refractivity contribution in [2.24, 2.45) is 0 Å². The van der Waals surface area contributed by atoms with Crippen molar-refractivity contribution in [2.75, 3.05) is 18.0 Å². The van der Waals surface area contributed by atoms with E-state index in [1.165, 1.54) is 25.3 Å². The molecule has 0 saturated heterocycles. The number of aliphatic carboxylic acids is 1. The zero-order valence-electron chi connectivity index (χ0n) is 13.9. The van der Waals surface area contributed by atoms with Crippen LogP contribution < -0.4 is 9.04 Å². The van der Waals surface area contributed by atoms with E-state index in [9.17, 15) is 23.3 Å². The number of nitro groups is 1. The van der Waals surface area contributed by atoms with E-state index in [-0.39, 0.29) is 16.3 Å². The van der Waals surface area contributed by atoms with Crippen LogP contribution in [0.25, 0.3) is 0 Å². The van der Waals surface area contributed by atoms with Gasteiger partial charge in [0.25, 0.3) is 15.7 Å². The average Bonchev–Trinajstić information content (AvgIpc) is 2.59. The second-order valence-corrected chi connectivity index (χ2v) is 7.19. The number of hydrogen-bond donors (Lipinski definition) is 1. The van der Waals surface area contributed by atoms with Crippen LogP contribution in [0.15, 0.2) is 47.4 Å². The molecular formula is C16H16N2O7S. The van der Waals surface area contributed by atoms with E-state index in [0.717, 1.165) is 17.7 Å². The first kappa shape index (κ1) is 19.2. The van der Waals surface area contributed by atoms with Gasteiger partial charge in [-0.3, -0.25) is 19.2 Å². The van der Waals surface area contributed by atoms with Crippen LogP contribution in [0.4, 0.5) is 11.4 Å². The number of non-ortho nitro benzene ring substituents is 1. The standard InChI is InChI=1S/C16H16N2O7S/c1-11-3-6-13(7-4-11)26(23,24)17(10-16(19)20)14-9-12(18(21)22)5-8-15(14)25-2/h3-9H,10H2,1-2H3,(H,19,20). The summed E-state index contributed by atoms with van der Waals surface area (Å²) in [4.78, 5) is 21.4. The highest BCUT2D eigenvalue weighted by molar-refractivity contribution is 7.92. The highest BCUT2D eigenvalue weighted by Crippen LogP contribution is 2.35. The predicted octanol–water partition coefficient (Wildman–Crippen LogP) is 2.19. The molecule has 0 aliphatic heterocycles. The average molecular weight is 380 g/mol. The molecule has 10 heteroatoms. The number of rotatable bonds is 7. The monoisotopic (exact) mass is 380 g/mol. The maximum atomic E-state index is 13.0. The van der Waals surface area contributed by atoms with Crippen LogP contribution in [-0.2, 0) is 14.8 Å². The molecule has 0 bridgehead atoms. The Morgan fingerprint density at radius 3 is 2.35 bits per heavy atom. The third kappa shape index (κ3) is 3.91. The van der Waals surface area contributed by atoms with Crippen molar-refractivity contribution in [3.05, 3.63) is 58.1 Å². The van der Waals surface area contributed by atoms with Gasteiger partial charge in [-0.25, -0.2) is 8.42 Å². The van der Waals surface area contributed by atoms with Gasteiger partial charge in [-0.2, -0.15) is 0 Å². The number of carbonyl (C=O) groups is 1. The topological polar surface area (TPSA) is 127 Å². The molecule has 0 fully saturated rings. The number of hydrogen-bond acceptors (Lipinski definition) is 6. The lowest BCUT2D eigenvalue weighted by Gasteiger charge is -2.24. The molecule has 0 unspecified atom stereocenters. The van der Waals surface area contributed by atoms with Crippen LogP contribution in [0, 0.1) is 17.0 Å². The summed E-state index contributed by atoms with van der Waals surface area (Å²) in [7, 11) is -3.04. The summed E-state index contributed by atoms with van der Waals surface area (Å²) < 4.78 is 31.6. The predicted molar refractivity (Wildman–Crippen MR) is 93.0 cm³/mol. The van der Waals surface area contributed by atoms with Crippen LogP contribution >= 0.6 is 0 Å². The number of carboxylic acids is 1. The molecule has 0 amide bonds. The number of sulfonamides is 1. The smallest absolute Gasteiger partial charge is 0.324 e. The maximum Gasteiger partial charge on any atom is 0.324 e. The number of benzene rings is 2. The van der Waals surface area contributed by atoms with Gasteiger partial charge in [0, 0.05) is 12.1 Å². The Bertz CT molecular complexity index is 940. The third-order valence-corrected chi connectivity index (χ3v) is 5.30. The molecule has 0 aliphatic carbocycles. The lowest BCUT2D eigenvalue weighted by atomic mass is 10.2. The molecule has 138 valence electrons. The van der Waals surface area contributed by atoms with E-state index in [2.05, 4.69) is 0 Å². The summed E-state index contributed by atoms with van der Waals surface area (Å²) in [5.74, 6) is -1.43. The summed E-state index contributed by atoms with van der Waals surface area (Å²) in [6.07, 6.45) is 0. The normalized spacial score (nSPS) is 11.0. The molecule has 0 aromatic heterocycles. The third-order valence-electron chi connectivity index (χ3n) is 3.53. The molecule has 1 N–H and O–H groups in total. The first-order valence-electron chi connectivity index (χ1n) is 7.30. The number of nitrogens with zero attached hydrogens (tertiary/aromatic N) is 2.